The third-order valence-corrected chi connectivity index (χ3v) is 2.16. The third-order valence-electron chi connectivity index (χ3n) is 1.25. The van der Waals surface area contributed by atoms with Crippen LogP contribution in [-0.2, 0) is 4.74 Å². The number of nitrogens with zero attached hydrogens (tertiary/aromatic N) is 1. The second kappa shape index (κ2) is 4.42. The van der Waals surface area contributed by atoms with Crippen molar-refractivity contribution in [1.29, 1.82) is 0 Å². The van der Waals surface area contributed by atoms with E-state index in [2.05, 4.69) is 4.72 Å². The summed E-state index contributed by atoms with van der Waals surface area (Å²) in [5.41, 5.74) is 4.88. The molecule has 0 aromatic rings. The van der Waals surface area contributed by atoms with Crippen molar-refractivity contribution in [1.82, 2.24) is 9.03 Å². The van der Waals surface area contributed by atoms with E-state index >= 15 is 0 Å². The Morgan fingerprint density at radius 2 is 2.18 bits per heavy atom. The standard InChI is InChI=1S/C5H11N3O2S/c6-5(9)7-11-8-1-3-10-4-2-8/h1-4H2,(H3,6,7,9). The summed E-state index contributed by atoms with van der Waals surface area (Å²) in [5.74, 6) is 0. The number of nitrogens with two attached hydrogens (primary N) is 1. The van der Waals surface area contributed by atoms with Gasteiger partial charge in [0.05, 0.1) is 13.2 Å². The van der Waals surface area contributed by atoms with Crippen LogP contribution in [0.2, 0.25) is 0 Å². The minimum Gasteiger partial charge on any atom is -0.379 e. The molecule has 2 amide bonds. The van der Waals surface area contributed by atoms with Crippen LogP contribution >= 0.6 is 12.1 Å². The van der Waals surface area contributed by atoms with Crippen molar-refractivity contribution in [3.63, 3.8) is 0 Å². The number of nitrogens with one attached hydrogen (secondary N) is 1. The predicted molar refractivity (Wildman–Crippen MR) is 42.7 cm³/mol. The molecule has 11 heavy (non-hydrogen) atoms. The summed E-state index contributed by atoms with van der Waals surface area (Å²) in [7, 11) is 0. The Bertz CT molecular complexity index is 138. The van der Waals surface area contributed by atoms with Gasteiger partial charge in [0.25, 0.3) is 0 Å². The first kappa shape index (κ1) is 8.63. The first-order valence-corrected chi connectivity index (χ1v) is 4.11. The fourth-order valence-electron chi connectivity index (χ4n) is 0.747. The Labute approximate surface area is 69.5 Å². The number of carbonyl (C=O) groups excluding carboxylic acids is 1. The minimum absolute atomic E-state index is 0.513. The smallest absolute Gasteiger partial charge is 0.323 e. The Morgan fingerprint density at radius 3 is 2.73 bits per heavy atom. The highest BCUT2D eigenvalue weighted by Gasteiger charge is 2.10. The fourth-order valence-corrected chi connectivity index (χ4v) is 1.30. The largest absolute Gasteiger partial charge is 0.379 e. The van der Waals surface area contributed by atoms with Gasteiger partial charge in [-0.15, -0.1) is 0 Å². The summed E-state index contributed by atoms with van der Waals surface area (Å²) in [6.45, 7) is 3.08. The maximum Gasteiger partial charge on any atom is 0.323 e. The number of rotatable bonds is 2. The molecular weight excluding hydrogens is 166 g/mol. The van der Waals surface area contributed by atoms with Crippen LogP contribution in [0.25, 0.3) is 0 Å². The molecule has 0 radical (unpaired) electrons. The average Bonchev–Trinajstić information content (AvgIpc) is 2.03. The Hall–Kier alpha value is -0.460. The molecule has 0 aromatic carbocycles. The van der Waals surface area contributed by atoms with Crippen LogP contribution < -0.4 is 10.5 Å². The van der Waals surface area contributed by atoms with Gasteiger partial charge in [-0.2, -0.15) is 0 Å². The van der Waals surface area contributed by atoms with Gasteiger partial charge in [-0.25, -0.2) is 9.10 Å². The van der Waals surface area contributed by atoms with Gasteiger partial charge in [-0.05, 0) is 0 Å². The first-order valence-electron chi connectivity index (χ1n) is 3.34. The number of carbonyl (C=O) groups is 1. The van der Waals surface area contributed by atoms with Gasteiger partial charge in [-0.1, -0.05) is 0 Å². The monoisotopic (exact) mass is 177 g/mol. The number of urea groups is 1. The zero-order valence-electron chi connectivity index (χ0n) is 6.08. The number of ether oxygens (including phenoxy) is 1. The van der Waals surface area contributed by atoms with E-state index in [0.29, 0.717) is 13.2 Å². The van der Waals surface area contributed by atoms with Crippen LogP contribution in [-0.4, -0.2) is 36.6 Å². The van der Waals surface area contributed by atoms with Crippen LogP contribution in [0.15, 0.2) is 0 Å². The second-order valence-electron chi connectivity index (χ2n) is 2.10. The molecule has 1 saturated heterocycles. The normalized spacial score (nSPS) is 19.6. The summed E-state index contributed by atoms with van der Waals surface area (Å²) in [4.78, 5) is 10.3. The van der Waals surface area contributed by atoms with Crippen molar-refractivity contribution in [3.8, 4) is 0 Å². The van der Waals surface area contributed by atoms with Gasteiger partial charge >= 0.3 is 6.03 Å². The molecule has 0 aromatic heterocycles. The van der Waals surface area contributed by atoms with Gasteiger partial charge in [0.15, 0.2) is 0 Å². The van der Waals surface area contributed by atoms with Gasteiger partial charge < -0.3 is 10.5 Å². The maximum absolute atomic E-state index is 10.3. The van der Waals surface area contributed by atoms with E-state index in [4.69, 9.17) is 10.5 Å². The number of morpholine rings is 1. The molecule has 3 N–H and O–H groups in total. The molecule has 1 aliphatic rings. The summed E-state index contributed by atoms with van der Waals surface area (Å²) >= 11 is 1.23. The van der Waals surface area contributed by atoms with E-state index in [9.17, 15) is 4.79 Å². The topological polar surface area (TPSA) is 67.6 Å². The van der Waals surface area contributed by atoms with Crippen molar-refractivity contribution in [3.05, 3.63) is 0 Å². The summed E-state index contributed by atoms with van der Waals surface area (Å²) < 4.78 is 9.54. The molecule has 1 aliphatic heterocycles. The van der Waals surface area contributed by atoms with Gasteiger partial charge in [0.2, 0.25) is 0 Å². The van der Waals surface area contributed by atoms with Crippen LogP contribution in [0.3, 0.4) is 0 Å². The zero-order valence-corrected chi connectivity index (χ0v) is 6.89. The molecule has 0 spiro atoms. The van der Waals surface area contributed by atoms with Crippen molar-refractivity contribution >= 4 is 18.2 Å². The third kappa shape index (κ3) is 3.45. The Kier molecular flexibility index (Phi) is 3.47. The second-order valence-corrected chi connectivity index (χ2v) is 3.00. The molecule has 0 aliphatic carbocycles. The number of hydrogen-bond donors (Lipinski definition) is 2. The molecule has 0 bridgehead atoms. The fraction of sp³-hybridized carbons (Fsp3) is 0.800. The lowest BCUT2D eigenvalue weighted by Crippen LogP contribution is -2.36. The quantitative estimate of drug-likeness (QED) is 0.561. The maximum atomic E-state index is 10.3. The van der Waals surface area contributed by atoms with E-state index < -0.39 is 6.03 Å². The SMILES string of the molecule is NC(=O)NSN1CCOCC1. The van der Waals surface area contributed by atoms with Gasteiger partial charge in [0.1, 0.15) is 0 Å². The predicted octanol–water partition coefficient (Wildman–Crippen LogP) is -0.450. The molecule has 1 fully saturated rings. The highest BCUT2D eigenvalue weighted by molar-refractivity contribution is 7.95. The van der Waals surface area contributed by atoms with Crippen LogP contribution in [0.5, 0.6) is 0 Å². The molecule has 0 unspecified atom stereocenters. The first-order chi connectivity index (χ1) is 5.29. The molecule has 0 saturated carbocycles. The van der Waals surface area contributed by atoms with Gasteiger partial charge in [0, 0.05) is 25.2 Å². The molecule has 5 nitrogen and oxygen atoms in total. The Balaban J connectivity index is 2.09. The molecular formula is C5H11N3O2S. The van der Waals surface area contributed by atoms with Crippen molar-refractivity contribution in [2.45, 2.75) is 0 Å². The zero-order chi connectivity index (χ0) is 8.10. The van der Waals surface area contributed by atoms with E-state index in [1.807, 2.05) is 4.31 Å². The van der Waals surface area contributed by atoms with Gasteiger partial charge in [-0.3, -0.25) is 4.72 Å². The number of hydrogen-bond acceptors (Lipinski definition) is 4. The van der Waals surface area contributed by atoms with Crippen molar-refractivity contribution in [2.75, 3.05) is 26.3 Å². The molecule has 6 heteroatoms. The van der Waals surface area contributed by atoms with Crippen LogP contribution in [0.1, 0.15) is 0 Å². The lowest BCUT2D eigenvalue weighted by Gasteiger charge is -2.24. The highest BCUT2D eigenvalue weighted by atomic mass is 32.2. The molecule has 1 rings (SSSR count). The van der Waals surface area contributed by atoms with E-state index in [-0.39, 0.29) is 0 Å². The summed E-state index contributed by atoms with van der Waals surface area (Å²) in [6, 6.07) is -0.513. The summed E-state index contributed by atoms with van der Waals surface area (Å²) in [5, 5.41) is 0. The number of amides is 2. The highest BCUT2D eigenvalue weighted by Crippen LogP contribution is 2.06. The van der Waals surface area contributed by atoms with E-state index in [0.717, 1.165) is 13.1 Å². The molecule has 1 heterocycles. The van der Waals surface area contributed by atoms with E-state index in [1.54, 1.807) is 0 Å². The Morgan fingerprint density at radius 1 is 1.55 bits per heavy atom. The molecule has 64 valence electrons. The van der Waals surface area contributed by atoms with Crippen molar-refractivity contribution < 1.29 is 9.53 Å². The lowest BCUT2D eigenvalue weighted by molar-refractivity contribution is 0.0771. The van der Waals surface area contributed by atoms with Crippen LogP contribution in [0, 0.1) is 0 Å². The number of primary amides is 1. The van der Waals surface area contributed by atoms with Crippen LogP contribution in [0.4, 0.5) is 4.79 Å². The molecule has 0 atom stereocenters. The van der Waals surface area contributed by atoms with Crippen molar-refractivity contribution in [2.24, 2.45) is 5.73 Å². The minimum atomic E-state index is -0.513. The summed E-state index contributed by atoms with van der Waals surface area (Å²) in [6.07, 6.45) is 0. The lowest BCUT2D eigenvalue weighted by atomic mass is 10.5. The van der Waals surface area contributed by atoms with E-state index in [1.165, 1.54) is 12.1 Å². The average molecular weight is 177 g/mol.